The molecule has 4 nitrogen and oxygen atoms in total. The summed E-state index contributed by atoms with van der Waals surface area (Å²) < 4.78 is 5.50. The van der Waals surface area contributed by atoms with Gasteiger partial charge in [0.25, 0.3) is 5.91 Å². The maximum absolute atomic E-state index is 12.0. The molecule has 0 bridgehead atoms. The van der Waals surface area contributed by atoms with Crippen LogP contribution >= 0.6 is 11.6 Å². The van der Waals surface area contributed by atoms with Crippen molar-refractivity contribution in [3.63, 3.8) is 0 Å². The number of amides is 1. The second kappa shape index (κ2) is 4.26. The Morgan fingerprint density at radius 3 is 2.58 bits per heavy atom. The Labute approximate surface area is 114 Å². The van der Waals surface area contributed by atoms with Crippen molar-refractivity contribution < 1.29 is 14.6 Å². The molecule has 1 unspecified atom stereocenters. The van der Waals surface area contributed by atoms with Gasteiger partial charge in [0.05, 0.1) is 16.1 Å². The number of nitrogens with one attached hydrogen (secondary N) is 1. The van der Waals surface area contributed by atoms with E-state index >= 15 is 0 Å². The second-order valence-electron chi connectivity index (χ2n) is 4.18. The van der Waals surface area contributed by atoms with Crippen molar-refractivity contribution in [2.45, 2.75) is 5.91 Å². The molecule has 96 valence electrons. The average molecular weight is 276 g/mol. The Balaban J connectivity index is 2.09. The predicted molar refractivity (Wildman–Crippen MR) is 69.9 cm³/mol. The zero-order chi connectivity index (χ0) is 13.5. The predicted octanol–water partition coefficient (Wildman–Crippen LogP) is 2.26. The van der Waals surface area contributed by atoms with Gasteiger partial charge >= 0.3 is 5.91 Å². The van der Waals surface area contributed by atoms with Crippen LogP contribution < -0.4 is 10.1 Å². The monoisotopic (exact) mass is 275 g/mol. The number of aliphatic hydroxyl groups is 1. The van der Waals surface area contributed by atoms with E-state index in [4.69, 9.17) is 16.3 Å². The Kier molecular flexibility index (Phi) is 2.69. The minimum absolute atomic E-state index is 0.291. The Bertz CT molecular complexity index is 659. The number of benzene rings is 2. The minimum atomic E-state index is -1.95. The molecule has 1 aliphatic rings. The highest BCUT2D eigenvalue weighted by atomic mass is 35.5. The molecular formula is C14H10ClNO3. The van der Waals surface area contributed by atoms with Crippen LogP contribution in [0.5, 0.6) is 5.75 Å². The van der Waals surface area contributed by atoms with E-state index in [9.17, 15) is 9.90 Å². The smallest absolute Gasteiger partial charge is 0.322 e. The van der Waals surface area contributed by atoms with Crippen molar-refractivity contribution >= 4 is 17.5 Å². The lowest BCUT2D eigenvalue weighted by molar-refractivity contribution is -0.167. The molecule has 3 rings (SSSR count). The number of hydrogen-bond acceptors (Lipinski definition) is 3. The molecule has 0 fully saturated rings. The first kappa shape index (κ1) is 12.0. The number of ether oxygens (including phenoxy) is 1. The van der Waals surface area contributed by atoms with Gasteiger partial charge in [0.15, 0.2) is 0 Å². The van der Waals surface area contributed by atoms with E-state index in [-0.39, 0.29) is 0 Å². The van der Waals surface area contributed by atoms with Crippen molar-refractivity contribution in [3.05, 3.63) is 64.7 Å². The SMILES string of the molecule is O=C1NC(O)(c2ccccc2Cl)Oc2ccccc21. The van der Waals surface area contributed by atoms with Crippen LogP contribution in [0, 0.1) is 0 Å². The molecule has 0 aromatic heterocycles. The third-order valence-electron chi connectivity index (χ3n) is 2.91. The first-order valence-corrected chi connectivity index (χ1v) is 6.06. The van der Waals surface area contributed by atoms with Gasteiger partial charge < -0.3 is 9.84 Å². The number of carbonyl (C=O) groups is 1. The average Bonchev–Trinajstić information content (AvgIpc) is 2.39. The zero-order valence-corrected chi connectivity index (χ0v) is 10.5. The number of hydrogen-bond donors (Lipinski definition) is 2. The van der Waals surface area contributed by atoms with Crippen molar-refractivity contribution in [1.82, 2.24) is 5.32 Å². The van der Waals surface area contributed by atoms with Gasteiger partial charge in [-0.15, -0.1) is 0 Å². The summed E-state index contributed by atoms with van der Waals surface area (Å²) in [7, 11) is 0. The summed E-state index contributed by atoms with van der Waals surface area (Å²) >= 11 is 6.03. The summed E-state index contributed by atoms with van der Waals surface area (Å²) in [6.07, 6.45) is 0. The van der Waals surface area contributed by atoms with Crippen LogP contribution in [-0.4, -0.2) is 11.0 Å². The number of rotatable bonds is 1. The van der Waals surface area contributed by atoms with Gasteiger partial charge in [-0.3, -0.25) is 10.1 Å². The van der Waals surface area contributed by atoms with Crippen LogP contribution in [0.1, 0.15) is 15.9 Å². The van der Waals surface area contributed by atoms with Gasteiger partial charge in [0, 0.05) is 0 Å². The zero-order valence-electron chi connectivity index (χ0n) is 9.76. The highest BCUT2D eigenvalue weighted by molar-refractivity contribution is 6.31. The van der Waals surface area contributed by atoms with Gasteiger partial charge in [-0.05, 0) is 24.3 Å². The molecule has 1 heterocycles. The lowest BCUT2D eigenvalue weighted by Crippen LogP contribution is -2.53. The molecule has 0 saturated heterocycles. The van der Waals surface area contributed by atoms with E-state index in [2.05, 4.69) is 5.32 Å². The Morgan fingerprint density at radius 2 is 1.79 bits per heavy atom. The van der Waals surface area contributed by atoms with Gasteiger partial charge in [-0.25, -0.2) is 0 Å². The van der Waals surface area contributed by atoms with Gasteiger partial charge in [0.2, 0.25) is 0 Å². The fourth-order valence-corrected chi connectivity index (χ4v) is 2.27. The first-order valence-electron chi connectivity index (χ1n) is 5.68. The van der Waals surface area contributed by atoms with Crippen LogP contribution in [0.15, 0.2) is 48.5 Å². The van der Waals surface area contributed by atoms with E-state index in [1.165, 1.54) is 0 Å². The van der Waals surface area contributed by atoms with Crippen LogP contribution in [0.3, 0.4) is 0 Å². The van der Waals surface area contributed by atoms with Gasteiger partial charge in [0.1, 0.15) is 5.75 Å². The summed E-state index contributed by atoms with van der Waals surface area (Å²) in [5.41, 5.74) is 0.666. The second-order valence-corrected chi connectivity index (χ2v) is 4.58. The quantitative estimate of drug-likeness (QED) is 0.839. The minimum Gasteiger partial charge on any atom is -0.440 e. The fourth-order valence-electron chi connectivity index (χ4n) is 2.01. The third kappa shape index (κ3) is 1.95. The maximum Gasteiger partial charge on any atom is 0.322 e. The molecule has 2 aromatic rings. The summed E-state index contributed by atoms with van der Waals surface area (Å²) in [5, 5.41) is 13.2. The van der Waals surface area contributed by atoms with Gasteiger partial charge in [-0.2, -0.15) is 0 Å². The molecule has 0 saturated carbocycles. The van der Waals surface area contributed by atoms with Crippen molar-refractivity contribution in [3.8, 4) is 5.75 Å². The molecule has 19 heavy (non-hydrogen) atoms. The fraction of sp³-hybridized carbons (Fsp3) is 0.0714. The van der Waals surface area contributed by atoms with Crippen LogP contribution in [0.2, 0.25) is 5.02 Å². The molecule has 1 atom stereocenters. The molecular weight excluding hydrogens is 266 g/mol. The van der Waals surface area contributed by atoms with E-state index in [1.54, 1.807) is 48.5 Å². The van der Waals surface area contributed by atoms with E-state index in [0.29, 0.717) is 21.9 Å². The number of para-hydroxylation sites is 1. The molecule has 0 spiro atoms. The Hall–Kier alpha value is -2.04. The molecule has 0 radical (unpaired) electrons. The first-order chi connectivity index (χ1) is 9.10. The third-order valence-corrected chi connectivity index (χ3v) is 3.24. The van der Waals surface area contributed by atoms with Crippen LogP contribution in [0.25, 0.3) is 0 Å². The number of fused-ring (bicyclic) bond motifs is 1. The normalized spacial score (nSPS) is 21.3. The van der Waals surface area contributed by atoms with Crippen molar-refractivity contribution in [2.24, 2.45) is 0 Å². The molecule has 1 amide bonds. The van der Waals surface area contributed by atoms with E-state index < -0.39 is 11.8 Å². The molecule has 1 aliphatic heterocycles. The van der Waals surface area contributed by atoms with Crippen LogP contribution in [-0.2, 0) is 5.91 Å². The van der Waals surface area contributed by atoms with Crippen molar-refractivity contribution in [1.29, 1.82) is 0 Å². The van der Waals surface area contributed by atoms with Crippen molar-refractivity contribution in [2.75, 3.05) is 0 Å². The summed E-state index contributed by atoms with van der Waals surface area (Å²) in [6.45, 7) is 0. The Morgan fingerprint density at radius 1 is 1.11 bits per heavy atom. The van der Waals surface area contributed by atoms with Crippen LogP contribution in [0.4, 0.5) is 0 Å². The highest BCUT2D eigenvalue weighted by Crippen LogP contribution is 2.34. The lowest BCUT2D eigenvalue weighted by atomic mass is 10.1. The largest absolute Gasteiger partial charge is 0.440 e. The van der Waals surface area contributed by atoms with Gasteiger partial charge in [-0.1, -0.05) is 35.9 Å². The highest BCUT2D eigenvalue weighted by Gasteiger charge is 2.41. The summed E-state index contributed by atoms with van der Waals surface area (Å²) in [4.78, 5) is 12.0. The number of halogens is 1. The molecule has 0 aliphatic carbocycles. The van der Waals surface area contributed by atoms with E-state index in [0.717, 1.165) is 0 Å². The molecule has 2 aromatic carbocycles. The molecule has 5 heteroatoms. The maximum atomic E-state index is 12.0. The molecule has 2 N–H and O–H groups in total. The standard InChI is InChI=1S/C14H10ClNO3/c15-11-7-3-2-6-10(11)14(18)16-13(17)9-5-1-4-8-12(9)19-14/h1-8,18H,(H,16,17). The van der Waals surface area contributed by atoms with E-state index in [1.807, 2.05) is 0 Å². The summed E-state index contributed by atoms with van der Waals surface area (Å²) in [6, 6.07) is 13.3. The lowest BCUT2D eigenvalue weighted by Gasteiger charge is -2.34. The summed E-state index contributed by atoms with van der Waals surface area (Å²) in [5.74, 6) is -2.05. The topological polar surface area (TPSA) is 58.6 Å². The number of carbonyl (C=O) groups excluding carboxylic acids is 1.